The Morgan fingerprint density at radius 2 is 2.13 bits per heavy atom. The number of nitrogens with one attached hydrogen (secondary N) is 1. The van der Waals surface area contributed by atoms with Crippen LogP contribution in [0, 0.1) is 12.8 Å². The maximum absolute atomic E-state index is 6.18. The Kier molecular flexibility index (Phi) is 4.61. The summed E-state index contributed by atoms with van der Waals surface area (Å²) in [5.74, 6) is 0.655. The largest absolute Gasteiger partial charge is 0.311 e. The fourth-order valence-corrected chi connectivity index (χ4v) is 1.72. The molecule has 1 heterocycles. The first-order chi connectivity index (χ1) is 7.06. The minimum absolute atomic E-state index is 0.655. The quantitative estimate of drug-likeness (QED) is 0.841. The van der Waals surface area contributed by atoms with Crippen LogP contribution < -0.4 is 5.32 Å². The molecule has 0 aromatic carbocycles. The van der Waals surface area contributed by atoms with E-state index in [0.717, 1.165) is 36.0 Å². The van der Waals surface area contributed by atoms with E-state index in [1.807, 2.05) is 11.6 Å². The van der Waals surface area contributed by atoms with Gasteiger partial charge in [0.25, 0.3) is 0 Å². The third kappa shape index (κ3) is 3.21. The molecule has 0 amide bonds. The lowest BCUT2D eigenvalue weighted by atomic mass is 10.2. The highest BCUT2D eigenvalue weighted by atomic mass is 35.5. The highest BCUT2D eigenvalue weighted by molar-refractivity contribution is 6.31. The Balaban J connectivity index is 2.66. The molecule has 1 N–H and O–H groups in total. The van der Waals surface area contributed by atoms with E-state index in [0.29, 0.717) is 5.92 Å². The summed E-state index contributed by atoms with van der Waals surface area (Å²) in [4.78, 5) is 0. The molecule has 1 aromatic rings. The van der Waals surface area contributed by atoms with Crippen LogP contribution in [0.1, 0.15) is 32.2 Å². The van der Waals surface area contributed by atoms with Gasteiger partial charge in [-0.05, 0) is 26.3 Å². The van der Waals surface area contributed by atoms with Crippen molar-refractivity contribution in [2.45, 2.75) is 40.8 Å². The topological polar surface area (TPSA) is 29.9 Å². The van der Waals surface area contributed by atoms with Crippen LogP contribution in [0.2, 0.25) is 5.02 Å². The molecule has 1 aromatic heterocycles. The van der Waals surface area contributed by atoms with Gasteiger partial charge in [-0.25, -0.2) is 0 Å². The summed E-state index contributed by atoms with van der Waals surface area (Å²) in [5, 5.41) is 8.56. The van der Waals surface area contributed by atoms with Crippen molar-refractivity contribution in [2.24, 2.45) is 5.92 Å². The lowest BCUT2D eigenvalue weighted by Gasteiger charge is -2.09. The summed E-state index contributed by atoms with van der Waals surface area (Å²) in [6.45, 7) is 11.1. The number of aromatic nitrogens is 2. The van der Waals surface area contributed by atoms with Crippen molar-refractivity contribution < 1.29 is 0 Å². The number of rotatable bonds is 5. The van der Waals surface area contributed by atoms with E-state index in [1.165, 1.54) is 0 Å². The van der Waals surface area contributed by atoms with Gasteiger partial charge >= 0.3 is 0 Å². The maximum atomic E-state index is 6.18. The average Bonchev–Trinajstić information content (AvgIpc) is 2.44. The van der Waals surface area contributed by atoms with E-state index in [4.69, 9.17) is 11.6 Å². The molecule has 0 unspecified atom stereocenters. The zero-order valence-corrected chi connectivity index (χ0v) is 10.7. The maximum Gasteiger partial charge on any atom is 0.0860 e. The SMILES string of the molecule is CCn1nc(C)c(Cl)c1CNCC(C)C. The number of hydrogen-bond acceptors (Lipinski definition) is 2. The second kappa shape index (κ2) is 5.52. The Labute approximate surface area is 96.8 Å². The number of nitrogens with zero attached hydrogens (tertiary/aromatic N) is 2. The van der Waals surface area contributed by atoms with Crippen LogP contribution in [-0.4, -0.2) is 16.3 Å². The molecule has 1 rings (SSSR count). The van der Waals surface area contributed by atoms with E-state index in [2.05, 4.69) is 31.2 Å². The molecule has 0 radical (unpaired) electrons. The monoisotopic (exact) mass is 229 g/mol. The first kappa shape index (κ1) is 12.5. The standard InChI is InChI=1S/C11H20ClN3/c1-5-15-10(7-13-6-8(2)3)11(12)9(4)14-15/h8,13H,5-7H2,1-4H3. The van der Waals surface area contributed by atoms with Crippen LogP contribution in [0.15, 0.2) is 0 Å². The third-order valence-corrected chi connectivity index (χ3v) is 2.79. The summed E-state index contributed by atoms with van der Waals surface area (Å²) in [6.07, 6.45) is 0. The van der Waals surface area contributed by atoms with Crippen LogP contribution in [0.4, 0.5) is 0 Å². The summed E-state index contributed by atoms with van der Waals surface area (Å²) in [6, 6.07) is 0. The van der Waals surface area contributed by atoms with Gasteiger partial charge in [0, 0.05) is 13.1 Å². The zero-order valence-electron chi connectivity index (χ0n) is 9.97. The van der Waals surface area contributed by atoms with Crippen LogP contribution in [0.25, 0.3) is 0 Å². The van der Waals surface area contributed by atoms with Crippen molar-refractivity contribution in [2.75, 3.05) is 6.54 Å². The molecular weight excluding hydrogens is 210 g/mol. The molecule has 0 fully saturated rings. The molecule has 0 saturated carbocycles. The summed E-state index contributed by atoms with van der Waals surface area (Å²) in [5.41, 5.74) is 2.01. The van der Waals surface area contributed by atoms with Gasteiger partial charge in [-0.3, -0.25) is 4.68 Å². The molecule has 0 spiro atoms. The molecule has 0 aliphatic rings. The minimum Gasteiger partial charge on any atom is -0.311 e. The number of hydrogen-bond donors (Lipinski definition) is 1. The zero-order chi connectivity index (χ0) is 11.4. The predicted molar refractivity (Wildman–Crippen MR) is 64.2 cm³/mol. The van der Waals surface area contributed by atoms with Gasteiger partial charge in [0.15, 0.2) is 0 Å². The molecule has 86 valence electrons. The van der Waals surface area contributed by atoms with Gasteiger partial charge in [0.1, 0.15) is 0 Å². The van der Waals surface area contributed by atoms with Crippen LogP contribution in [0.3, 0.4) is 0 Å². The molecular formula is C11H20ClN3. The van der Waals surface area contributed by atoms with Gasteiger partial charge in [-0.2, -0.15) is 5.10 Å². The van der Waals surface area contributed by atoms with E-state index in [-0.39, 0.29) is 0 Å². The lowest BCUT2D eigenvalue weighted by molar-refractivity contribution is 0.525. The molecule has 0 aliphatic heterocycles. The molecule has 15 heavy (non-hydrogen) atoms. The summed E-state index contributed by atoms with van der Waals surface area (Å²) >= 11 is 6.18. The second-order valence-corrected chi connectivity index (χ2v) is 4.56. The number of halogens is 1. The number of aryl methyl sites for hydroxylation is 2. The van der Waals surface area contributed by atoms with E-state index < -0.39 is 0 Å². The molecule has 0 saturated heterocycles. The van der Waals surface area contributed by atoms with Crippen molar-refractivity contribution in [3.63, 3.8) is 0 Å². The third-order valence-electron chi connectivity index (χ3n) is 2.30. The Morgan fingerprint density at radius 3 is 2.67 bits per heavy atom. The second-order valence-electron chi connectivity index (χ2n) is 4.19. The smallest absolute Gasteiger partial charge is 0.0860 e. The van der Waals surface area contributed by atoms with Gasteiger partial charge < -0.3 is 5.32 Å². The molecule has 0 bridgehead atoms. The molecule has 4 heteroatoms. The first-order valence-electron chi connectivity index (χ1n) is 5.48. The summed E-state index contributed by atoms with van der Waals surface area (Å²) < 4.78 is 1.96. The highest BCUT2D eigenvalue weighted by Gasteiger charge is 2.11. The Hall–Kier alpha value is -0.540. The van der Waals surface area contributed by atoms with Crippen molar-refractivity contribution >= 4 is 11.6 Å². The highest BCUT2D eigenvalue weighted by Crippen LogP contribution is 2.19. The van der Waals surface area contributed by atoms with Gasteiger partial charge in [0.2, 0.25) is 0 Å². The van der Waals surface area contributed by atoms with Crippen molar-refractivity contribution in [1.82, 2.24) is 15.1 Å². The molecule has 0 atom stereocenters. The Morgan fingerprint density at radius 1 is 1.47 bits per heavy atom. The van der Waals surface area contributed by atoms with Gasteiger partial charge in [0.05, 0.1) is 16.4 Å². The minimum atomic E-state index is 0.655. The van der Waals surface area contributed by atoms with Crippen molar-refractivity contribution in [1.29, 1.82) is 0 Å². The summed E-state index contributed by atoms with van der Waals surface area (Å²) in [7, 11) is 0. The predicted octanol–water partition coefficient (Wildman–Crippen LogP) is 2.61. The van der Waals surface area contributed by atoms with E-state index >= 15 is 0 Å². The Bertz CT molecular complexity index is 318. The van der Waals surface area contributed by atoms with Gasteiger partial charge in [-0.1, -0.05) is 25.4 Å². The lowest BCUT2D eigenvalue weighted by Crippen LogP contribution is -2.21. The van der Waals surface area contributed by atoms with Crippen molar-refractivity contribution in [3.05, 3.63) is 16.4 Å². The first-order valence-corrected chi connectivity index (χ1v) is 5.86. The fourth-order valence-electron chi connectivity index (χ4n) is 1.52. The molecule has 0 aliphatic carbocycles. The van der Waals surface area contributed by atoms with Crippen LogP contribution in [-0.2, 0) is 13.1 Å². The van der Waals surface area contributed by atoms with Crippen molar-refractivity contribution in [3.8, 4) is 0 Å². The molecule has 3 nitrogen and oxygen atoms in total. The van der Waals surface area contributed by atoms with E-state index in [1.54, 1.807) is 0 Å². The average molecular weight is 230 g/mol. The fraction of sp³-hybridized carbons (Fsp3) is 0.727. The normalized spacial score (nSPS) is 11.3. The van der Waals surface area contributed by atoms with E-state index in [9.17, 15) is 0 Å². The van der Waals surface area contributed by atoms with Gasteiger partial charge in [-0.15, -0.1) is 0 Å². The van der Waals surface area contributed by atoms with Crippen LogP contribution >= 0.6 is 11.6 Å². The van der Waals surface area contributed by atoms with Crippen LogP contribution in [0.5, 0.6) is 0 Å².